The second-order valence-electron chi connectivity index (χ2n) is 3.82. The second kappa shape index (κ2) is 4.00. The van der Waals surface area contributed by atoms with Gasteiger partial charge in [-0.05, 0) is 5.56 Å². The summed E-state index contributed by atoms with van der Waals surface area (Å²) in [7, 11) is 0. The molecule has 1 amide bonds. The molecule has 2 unspecified atom stereocenters. The van der Waals surface area contributed by atoms with Gasteiger partial charge in [-0.15, -0.1) is 0 Å². The van der Waals surface area contributed by atoms with E-state index < -0.39 is 5.60 Å². The average Bonchev–Trinajstić information content (AvgIpc) is 2.64. The van der Waals surface area contributed by atoms with Gasteiger partial charge in [0.05, 0.1) is 6.17 Å². The minimum absolute atomic E-state index is 0.146. The number of carbonyl (C=O) groups is 1. The van der Waals surface area contributed by atoms with Crippen LogP contribution in [0.3, 0.4) is 0 Å². The van der Waals surface area contributed by atoms with E-state index in [4.69, 9.17) is 0 Å². The van der Waals surface area contributed by atoms with Crippen LogP contribution in [-0.2, 0) is 10.4 Å². The van der Waals surface area contributed by atoms with E-state index >= 15 is 0 Å². The van der Waals surface area contributed by atoms with Crippen molar-refractivity contribution in [3.63, 3.8) is 0 Å². The Morgan fingerprint density at radius 1 is 1.47 bits per heavy atom. The highest BCUT2D eigenvalue weighted by Crippen LogP contribution is 2.29. The van der Waals surface area contributed by atoms with Gasteiger partial charge in [-0.25, -0.2) is 0 Å². The van der Waals surface area contributed by atoms with E-state index in [1.165, 1.54) is 0 Å². The normalized spacial score (nSPS) is 30.1. The third-order valence-corrected chi connectivity index (χ3v) is 2.76. The van der Waals surface area contributed by atoms with Crippen LogP contribution in [0.15, 0.2) is 30.3 Å². The Hall–Kier alpha value is -1.39. The number of carbonyl (C=O) groups excluding carboxylic acids is 1. The lowest BCUT2D eigenvalue weighted by atomic mass is 9.92. The number of aliphatic hydroxyl groups is 1. The maximum absolute atomic E-state index is 10.3. The van der Waals surface area contributed by atoms with E-state index in [-0.39, 0.29) is 6.17 Å². The Bertz CT molecular complexity index is 342. The Labute approximate surface area is 88.3 Å². The van der Waals surface area contributed by atoms with E-state index in [0.29, 0.717) is 19.4 Å². The smallest absolute Gasteiger partial charge is 0.208 e. The van der Waals surface area contributed by atoms with Crippen molar-refractivity contribution >= 4 is 6.41 Å². The SMILES string of the molecule is O=CNC1CC(O)(c2ccccc2)CN1. The van der Waals surface area contributed by atoms with Gasteiger partial charge in [0.15, 0.2) is 0 Å². The van der Waals surface area contributed by atoms with Crippen LogP contribution < -0.4 is 10.6 Å². The van der Waals surface area contributed by atoms with Crippen molar-refractivity contribution in [1.29, 1.82) is 0 Å². The van der Waals surface area contributed by atoms with Gasteiger partial charge in [0.2, 0.25) is 6.41 Å². The maximum atomic E-state index is 10.3. The molecule has 80 valence electrons. The Kier molecular flexibility index (Phi) is 2.70. The number of nitrogens with one attached hydrogen (secondary N) is 2. The van der Waals surface area contributed by atoms with Gasteiger partial charge in [0.25, 0.3) is 0 Å². The molecule has 2 atom stereocenters. The number of amides is 1. The van der Waals surface area contributed by atoms with E-state index in [1.807, 2.05) is 30.3 Å². The van der Waals surface area contributed by atoms with Crippen molar-refractivity contribution in [3.8, 4) is 0 Å². The fourth-order valence-corrected chi connectivity index (χ4v) is 1.94. The molecule has 1 heterocycles. The second-order valence-corrected chi connectivity index (χ2v) is 3.82. The number of hydrogen-bond acceptors (Lipinski definition) is 3. The van der Waals surface area contributed by atoms with Crippen molar-refractivity contribution in [3.05, 3.63) is 35.9 Å². The lowest BCUT2D eigenvalue weighted by molar-refractivity contribution is -0.110. The summed E-state index contributed by atoms with van der Waals surface area (Å²) in [5.74, 6) is 0. The number of hydrogen-bond donors (Lipinski definition) is 3. The van der Waals surface area contributed by atoms with Crippen LogP contribution in [-0.4, -0.2) is 24.2 Å². The molecule has 3 N–H and O–H groups in total. The van der Waals surface area contributed by atoms with Crippen molar-refractivity contribution in [2.24, 2.45) is 0 Å². The molecule has 1 saturated heterocycles. The van der Waals surface area contributed by atoms with Crippen LogP contribution in [0, 0.1) is 0 Å². The van der Waals surface area contributed by atoms with E-state index in [2.05, 4.69) is 10.6 Å². The lowest BCUT2D eigenvalue weighted by Crippen LogP contribution is -2.35. The molecule has 4 heteroatoms. The fourth-order valence-electron chi connectivity index (χ4n) is 1.94. The van der Waals surface area contributed by atoms with Gasteiger partial charge in [-0.3, -0.25) is 10.1 Å². The lowest BCUT2D eigenvalue weighted by Gasteiger charge is -2.21. The van der Waals surface area contributed by atoms with Crippen molar-refractivity contribution in [2.45, 2.75) is 18.2 Å². The summed E-state index contributed by atoms with van der Waals surface area (Å²) in [5, 5.41) is 16.0. The molecule has 0 bridgehead atoms. The minimum Gasteiger partial charge on any atom is -0.384 e. The highest BCUT2D eigenvalue weighted by Gasteiger charge is 2.38. The predicted octanol–water partition coefficient (Wildman–Crippen LogP) is -0.0604. The summed E-state index contributed by atoms with van der Waals surface area (Å²) in [6.07, 6.45) is 0.997. The third kappa shape index (κ3) is 2.00. The van der Waals surface area contributed by atoms with Crippen molar-refractivity contribution in [1.82, 2.24) is 10.6 Å². The molecule has 2 rings (SSSR count). The number of rotatable bonds is 3. The van der Waals surface area contributed by atoms with Crippen LogP contribution in [0.25, 0.3) is 0 Å². The topological polar surface area (TPSA) is 61.4 Å². The average molecular weight is 206 g/mol. The van der Waals surface area contributed by atoms with Crippen molar-refractivity contribution < 1.29 is 9.90 Å². The zero-order valence-corrected chi connectivity index (χ0v) is 8.31. The molecule has 15 heavy (non-hydrogen) atoms. The number of benzene rings is 1. The molecule has 1 aromatic rings. The molecule has 1 aliphatic rings. The molecule has 1 aliphatic heterocycles. The largest absolute Gasteiger partial charge is 0.384 e. The Balaban J connectivity index is 2.13. The van der Waals surface area contributed by atoms with Gasteiger partial charge in [-0.1, -0.05) is 30.3 Å². The molecule has 0 radical (unpaired) electrons. The molecular weight excluding hydrogens is 192 g/mol. The predicted molar refractivity (Wildman–Crippen MR) is 55.9 cm³/mol. The Morgan fingerprint density at radius 3 is 2.87 bits per heavy atom. The first-order valence-electron chi connectivity index (χ1n) is 4.95. The molecule has 1 fully saturated rings. The first kappa shape index (κ1) is 10.1. The first-order valence-corrected chi connectivity index (χ1v) is 4.95. The third-order valence-electron chi connectivity index (χ3n) is 2.76. The zero-order chi connectivity index (χ0) is 10.7. The summed E-state index contributed by atoms with van der Waals surface area (Å²) >= 11 is 0. The zero-order valence-electron chi connectivity index (χ0n) is 8.31. The molecule has 0 saturated carbocycles. The monoisotopic (exact) mass is 206 g/mol. The molecule has 1 aromatic carbocycles. The standard InChI is InChI=1S/C11H14N2O2/c14-8-13-10-6-11(15,7-12-10)9-4-2-1-3-5-9/h1-5,8,10,12,15H,6-7H2,(H,13,14). The van der Waals surface area contributed by atoms with Crippen LogP contribution in [0.1, 0.15) is 12.0 Å². The van der Waals surface area contributed by atoms with E-state index in [1.54, 1.807) is 0 Å². The van der Waals surface area contributed by atoms with Crippen molar-refractivity contribution in [2.75, 3.05) is 6.54 Å². The fraction of sp³-hybridized carbons (Fsp3) is 0.364. The maximum Gasteiger partial charge on any atom is 0.208 e. The summed E-state index contributed by atoms with van der Waals surface area (Å²) < 4.78 is 0. The van der Waals surface area contributed by atoms with Gasteiger partial charge in [0.1, 0.15) is 5.60 Å². The summed E-state index contributed by atoms with van der Waals surface area (Å²) in [5.41, 5.74) is 0.00905. The Morgan fingerprint density at radius 2 is 2.20 bits per heavy atom. The first-order chi connectivity index (χ1) is 7.24. The highest BCUT2D eigenvalue weighted by molar-refractivity contribution is 5.46. The quantitative estimate of drug-likeness (QED) is 0.607. The van der Waals surface area contributed by atoms with Crippen LogP contribution in [0.4, 0.5) is 0 Å². The summed E-state index contributed by atoms with van der Waals surface area (Å²) in [4.78, 5) is 10.3. The van der Waals surface area contributed by atoms with Crippen LogP contribution >= 0.6 is 0 Å². The molecule has 4 nitrogen and oxygen atoms in total. The van der Waals surface area contributed by atoms with Gasteiger partial charge < -0.3 is 10.4 Å². The van der Waals surface area contributed by atoms with Gasteiger partial charge >= 0.3 is 0 Å². The van der Waals surface area contributed by atoms with Crippen LogP contribution in [0.5, 0.6) is 0 Å². The molecular formula is C11H14N2O2. The van der Waals surface area contributed by atoms with Gasteiger partial charge in [0, 0.05) is 13.0 Å². The molecule has 0 aromatic heterocycles. The summed E-state index contributed by atoms with van der Waals surface area (Å²) in [6.45, 7) is 0.461. The molecule has 0 aliphatic carbocycles. The van der Waals surface area contributed by atoms with Gasteiger partial charge in [-0.2, -0.15) is 0 Å². The molecule has 0 spiro atoms. The summed E-state index contributed by atoms with van der Waals surface area (Å²) in [6, 6.07) is 9.49. The van der Waals surface area contributed by atoms with E-state index in [0.717, 1.165) is 5.56 Å². The minimum atomic E-state index is -0.873. The highest BCUT2D eigenvalue weighted by atomic mass is 16.3. The number of β-amino-alcohol motifs (C(OH)–C–C–N with tert-alkyl or cyclic N) is 1. The van der Waals surface area contributed by atoms with E-state index in [9.17, 15) is 9.90 Å². The van der Waals surface area contributed by atoms with Crippen LogP contribution in [0.2, 0.25) is 0 Å².